The van der Waals surface area contributed by atoms with E-state index in [1.807, 2.05) is 6.92 Å². The smallest absolute Gasteiger partial charge is 0.273 e. The molecular weight excluding hydrogens is 218 g/mol. The second-order valence-electron chi connectivity index (χ2n) is 4.29. The summed E-state index contributed by atoms with van der Waals surface area (Å²) in [4.78, 5) is 11.8. The van der Waals surface area contributed by atoms with Gasteiger partial charge in [-0.2, -0.15) is 0 Å². The van der Waals surface area contributed by atoms with Gasteiger partial charge in [0.1, 0.15) is 0 Å². The highest BCUT2D eigenvalue weighted by atomic mass is 16.2. The van der Waals surface area contributed by atoms with E-state index >= 15 is 0 Å². The van der Waals surface area contributed by atoms with Crippen molar-refractivity contribution in [3.63, 3.8) is 0 Å². The molecule has 0 saturated carbocycles. The van der Waals surface area contributed by atoms with E-state index in [9.17, 15) is 4.79 Å². The quantitative estimate of drug-likeness (QED) is 0.711. The van der Waals surface area contributed by atoms with Crippen LogP contribution in [0, 0.1) is 0 Å². The largest absolute Gasteiger partial charge is 0.348 e. The van der Waals surface area contributed by atoms with Crippen LogP contribution in [0.5, 0.6) is 0 Å². The average Bonchev–Trinajstić information content (AvgIpc) is 2.64. The fourth-order valence-electron chi connectivity index (χ4n) is 1.63. The molecule has 1 aromatic rings. The molecule has 1 amide bonds. The van der Waals surface area contributed by atoms with Crippen LogP contribution < -0.4 is 10.6 Å². The zero-order valence-corrected chi connectivity index (χ0v) is 9.89. The van der Waals surface area contributed by atoms with Crippen molar-refractivity contribution in [2.24, 2.45) is 0 Å². The molecule has 1 atom stereocenters. The third kappa shape index (κ3) is 2.71. The van der Waals surface area contributed by atoms with Crippen LogP contribution in [0.2, 0.25) is 0 Å². The Balaban J connectivity index is 1.94. The summed E-state index contributed by atoms with van der Waals surface area (Å²) in [5.41, 5.74) is 0.368. The Hall–Kier alpha value is -1.69. The lowest BCUT2D eigenvalue weighted by molar-refractivity contribution is 0.0935. The van der Waals surface area contributed by atoms with E-state index in [0.717, 1.165) is 19.5 Å². The van der Waals surface area contributed by atoms with Crippen molar-refractivity contribution < 1.29 is 4.79 Å². The van der Waals surface area contributed by atoms with Gasteiger partial charge in [-0.15, -0.1) is 11.7 Å². The van der Waals surface area contributed by atoms with Gasteiger partial charge in [0.2, 0.25) is 0 Å². The number of aromatic nitrogens is 3. The first-order valence-corrected chi connectivity index (χ1v) is 5.75. The molecule has 0 bridgehead atoms. The van der Waals surface area contributed by atoms with Crippen molar-refractivity contribution in [3.8, 4) is 0 Å². The van der Waals surface area contributed by atoms with E-state index in [4.69, 9.17) is 0 Å². The minimum Gasteiger partial charge on any atom is -0.348 e. The number of hydrogen-bond donors (Lipinski definition) is 2. The monoisotopic (exact) mass is 235 g/mol. The lowest BCUT2D eigenvalue weighted by Crippen LogP contribution is -2.43. The number of carbonyl (C=O) groups is 1. The molecule has 1 unspecified atom stereocenters. The maximum absolute atomic E-state index is 11.8. The van der Waals surface area contributed by atoms with Gasteiger partial charge in [0.15, 0.2) is 5.69 Å². The molecule has 2 rings (SSSR count). The third-order valence-corrected chi connectivity index (χ3v) is 2.77. The summed E-state index contributed by atoms with van der Waals surface area (Å²) in [7, 11) is 0. The van der Waals surface area contributed by atoms with Crippen LogP contribution >= 0.6 is 0 Å². The Morgan fingerprint density at radius 1 is 1.82 bits per heavy atom. The molecule has 92 valence electrons. The Bertz CT molecular complexity index is 410. The van der Waals surface area contributed by atoms with Crippen molar-refractivity contribution >= 4 is 5.91 Å². The van der Waals surface area contributed by atoms with Crippen LogP contribution in [0.15, 0.2) is 18.9 Å². The lowest BCUT2D eigenvalue weighted by atomic mass is 10.2. The van der Waals surface area contributed by atoms with E-state index in [-0.39, 0.29) is 11.9 Å². The molecule has 1 aliphatic heterocycles. The number of nitrogens with one attached hydrogen (secondary N) is 2. The maximum atomic E-state index is 11.8. The van der Waals surface area contributed by atoms with Crippen molar-refractivity contribution in [1.82, 2.24) is 25.6 Å². The van der Waals surface area contributed by atoms with Gasteiger partial charge < -0.3 is 10.6 Å². The molecule has 2 heterocycles. The summed E-state index contributed by atoms with van der Waals surface area (Å²) in [6.07, 6.45) is 4.22. The standard InChI is InChI=1S/C11H17N5O/c1-3-4-8(2)13-11(17)10-7-16(15-14-10)9-5-12-6-9/h3,7-9,12H,1,4-6H2,2H3,(H,13,17). The fraction of sp³-hybridized carbons (Fsp3) is 0.545. The molecule has 0 radical (unpaired) electrons. The Morgan fingerprint density at radius 2 is 2.59 bits per heavy atom. The molecular formula is C11H17N5O. The summed E-state index contributed by atoms with van der Waals surface area (Å²) >= 11 is 0. The van der Waals surface area contributed by atoms with Crippen molar-refractivity contribution in [2.75, 3.05) is 13.1 Å². The van der Waals surface area contributed by atoms with Crippen molar-refractivity contribution in [1.29, 1.82) is 0 Å². The topological polar surface area (TPSA) is 71.8 Å². The molecule has 1 aromatic heterocycles. The van der Waals surface area contributed by atoms with Gasteiger partial charge in [-0.05, 0) is 13.3 Å². The first-order valence-electron chi connectivity index (χ1n) is 5.75. The molecule has 1 saturated heterocycles. The average molecular weight is 235 g/mol. The van der Waals surface area contributed by atoms with Crippen LogP contribution in [-0.4, -0.2) is 40.0 Å². The third-order valence-electron chi connectivity index (χ3n) is 2.77. The molecule has 6 heteroatoms. The molecule has 0 aromatic carbocycles. The lowest BCUT2D eigenvalue weighted by Gasteiger charge is -2.26. The fourth-order valence-corrected chi connectivity index (χ4v) is 1.63. The molecule has 6 nitrogen and oxygen atoms in total. The first kappa shape index (κ1) is 11.8. The summed E-state index contributed by atoms with van der Waals surface area (Å²) in [6.45, 7) is 7.34. The Kier molecular flexibility index (Phi) is 3.53. The van der Waals surface area contributed by atoms with E-state index in [0.29, 0.717) is 11.7 Å². The summed E-state index contributed by atoms with van der Waals surface area (Å²) < 4.78 is 1.74. The zero-order valence-electron chi connectivity index (χ0n) is 9.89. The van der Waals surface area contributed by atoms with Crippen LogP contribution in [-0.2, 0) is 0 Å². The molecule has 1 fully saturated rings. The molecule has 2 N–H and O–H groups in total. The molecule has 0 aliphatic carbocycles. The van der Waals surface area contributed by atoms with Crippen LogP contribution in [0.3, 0.4) is 0 Å². The number of carbonyl (C=O) groups excluding carboxylic acids is 1. The van der Waals surface area contributed by atoms with Gasteiger partial charge >= 0.3 is 0 Å². The first-order chi connectivity index (χ1) is 8.20. The van der Waals surface area contributed by atoms with Crippen LogP contribution in [0.4, 0.5) is 0 Å². The van der Waals surface area contributed by atoms with E-state index in [1.165, 1.54) is 0 Å². The minimum atomic E-state index is -0.183. The predicted octanol–water partition coefficient (Wildman–Crippen LogP) is 0.117. The Morgan fingerprint density at radius 3 is 3.18 bits per heavy atom. The van der Waals surface area contributed by atoms with Gasteiger partial charge in [-0.25, -0.2) is 4.68 Å². The van der Waals surface area contributed by atoms with E-state index in [1.54, 1.807) is 17.0 Å². The zero-order chi connectivity index (χ0) is 12.3. The normalized spacial score (nSPS) is 17.2. The van der Waals surface area contributed by atoms with Crippen LogP contribution in [0.25, 0.3) is 0 Å². The number of nitrogens with zero attached hydrogens (tertiary/aromatic N) is 3. The van der Waals surface area contributed by atoms with Gasteiger partial charge in [-0.1, -0.05) is 11.3 Å². The number of hydrogen-bond acceptors (Lipinski definition) is 4. The SMILES string of the molecule is C=CCC(C)NC(=O)c1cn(C2CNC2)nn1. The second-order valence-corrected chi connectivity index (χ2v) is 4.29. The minimum absolute atomic E-state index is 0.0653. The highest BCUT2D eigenvalue weighted by Gasteiger charge is 2.21. The number of amides is 1. The summed E-state index contributed by atoms with van der Waals surface area (Å²) in [6, 6.07) is 0.394. The van der Waals surface area contributed by atoms with Gasteiger partial charge in [0, 0.05) is 19.1 Å². The number of rotatable bonds is 5. The van der Waals surface area contributed by atoms with Gasteiger partial charge in [-0.3, -0.25) is 4.79 Å². The van der Waals surface area contributed by atoms with Crippen molar-refractivity contribution in [3.05, 3.63) is 24.5 Å². The van der Waals surface area contributed by atoms with Gasteiger partial charge in [0.25, 0.3) is 5.91 Å². The van der Waals surface area contributed by atoms with E-state index in [2.05, 4.69) is 27.5 Å². The predicted molar refractivity (Wildman–Crippen MR) is 63.7 cm³/mol. The molecule has 17 heavy (non-hydrogen) atoms. The maximum Gasteiger partial charge on any atom is 0.273 e. The highest BCUT2D eigenvalue weighted by molar-refractivity contribution is 5.92. The van der Waals surface area contributed by atoms with Crippen LogP contribution in [0.1, 0.15) is 29.9 Å². The molecule has 0 spiro atoms. The summed E-state index contributed by atoms with van der Waals surface area (Å²) in [5.74, 6) is -0.183. The summed E-state index contributed by atoms with van der Waals surface area (Å²) in [5, 5.41) is 13.8. The van der Waals surface area contributed by atoms with Crippen molar-refractivity contribution in [2.45, 2.75) is 25.4 Å². The van der Waals surface area contributed by atoms with Gasteiger partial charge in [0.05, 0.1) is 12.2 Å². The second kappa shape index (κ2) is 5.09. The Labute approximate surface area is 100 Å². The van der Waals surface area contributed by atoms with E-state index < -0.39 is 0 Å². The highest BCUT2D eigenvalue weighted by Crippen LogP contribution is 2.09. The molecule has 1 aliphatic rings.